The second kappa shape index (κ2) is 6.64. The molecule has 3 aromatic rings. The Balaban J connectivity index is 1.63. The highest BCUT2D eigenvalue weighted by molar-refractivity contribution is 5.59. The summed E-state index contributed by atoms with van der Waals surface area (Å²) in [6.07, 6.45) is 7.08. The lowest BCUT2D eigenvalue weighted by Crippen LogP contribution is -2.39. The summed E-state index contributed by atoms with van der Waals surface area (Å²) < 4.78 is 1.87. The predicted molar refractivity (Wildman–Crippen MR) is 96.8 cm³/mol. The fraction of sp³-hybridized carbons (Fsp3) is 0.316. The summed E-state index contributed by atoms with van der Waals surface area (Å²) in [6.45, 7) is 3.54. The molecule has 0 spiro atoms. The van der Waals surface area contributed by atoms with Gasteiger partial charge < -0.3 is 10.0 Å². The molecule has 0 amide bonds. The summed E-state index contributed by atoms with van der Waals surface area (Å²) >= 11 is 0. The third-order valence-electron chi connectivity index (χ3n) is 4.56. The molecular formula is C19H21N5O. The number of hydrogen-bond donors (Lipinski definition) is 1. The average molecular weight is 335 g/mol. The molecule has 1 aliphatic rings. The number of para-hydroxylation sites is 1. The van der Waals surface area contributed by atoms with Crippen LogP contribution in [0.15, 0.2) is 48.9 Å². The first-order valence-electron chi connectivity index (χ1n) is 8.58. The number of anilines is 1. The van der Waals surface area contributed by atoms with Gasteiger partial charge in [-0.2, -0.15) is 5.10 Å². The third kappa shape index (κ3) is 3.25. The number of aliphatic hydroxyl groups is 1. The number of piperidine rings is 1. The van der Waals surface area contributed by atoms with Crippen LogP contribution >= 0.6 is 0 Å². The molecule has 2 aromatic heterocycles. The molecule has 1 saturated heterocycles. The molecule has 6 nitrogen and oxygen atoms in total. The zero-order valence-electron chi connectivity index (χ0n) is 14.2. The number of hydrogen-bond acceptors (Lipinski definition) is 5. The van der Waals surface area contributed by atoms with E-state index in [2.05, 4.69) is 28.1 Å². The van der Waals surface area contributed by atoms with E-state index >= 15 is 0 Å². The van der Waals surface area contributed by atoms with Crippen molar-refractivity contribution >= 4 is 5.95 Å². The lowest BCUT2D eigenvalue weighted by molar-refractivity contribution is 0.153. The van der Waals surface area contributed by atoms with Crippen molar-refractivity contribution in [3.05, 3.63) is 54.5 Å². The van der Waals surface area contributed by atoms with Crippen molar-refractivity contribution in [2.75, 3.05) is 18.0 Å². The van der Waals surface area contributed by atoms with Crippen LogP contribution in [-0.2, 0) is 0 Å². The number of aromatic nitrogens is 4. The monoisotopic (exact) mass is 335 g/mol. The third-order valence-corrected chi connectivity index (χ3v) is 4.56. The first kappa shape index (κ1) is 15.8. The van der Waals surface area contributed by atoms with Gasteiger partial charge in [-0.15, -0.1) is 0 Å². The van der Waals surface area contributed by atoms with Crippen molar-refractivity contribution in [3.8, 4) is 16.9 Å². The molecule has 1 fully saturated rings. The highest BCUT2D eigenvalue weighted by Crippen LogP contribution is 2.22. The standard InChI is InChI=1S/C19H21N5O/c1-14-5-2-3-7-18(14)24-12-15(11-21-24)17-8-9-20-19(22-17)23-10-4-6-16(25)13-23/h2-3,5,7-9,11-12,16,25H,4,6,10,13H2,1H3. The Morgan fingerprint density at radius 1 is 1.20 bits per heavy atom. The second-order valence-corrected chi connectivity index (χ2v) is 6.44. The van der Waals surface area contributed by atoms with Crippen LogP contribution < -0.4 is 4.90 Å². The van der Waals surface area contributed by atoms with Crippen molar-refractivity contribution in [2.24, 2.45) is 0 Å². The predicted octanol–water partition coefficient (Wildman–Crippen LogP) is 2.60. The topological polar surface area (TPSA) is 67.1 Å². The zero-order valence-corrected chi connectivity index (χ0v) is 14.2. The summed E-state index contributed by atoms with van der Waals surface area (Å²) in [4.78, 5) is 11.1. The minimum absolute atomic E-state index is 0.301. The molecule has 3 heterocycles. The molecule has 128 valence electrons. The van der Waals surface area contributed by atoms with Crippen molar-refractivity contribution in [3.63, 3.8) is 0 Å². The molecule has 6 heteroatoms. The fourth-order valence-electron chi connectivity index (χ4n) is 3.21. The first-order chi connectivity index (χ1) is 12.2. The first-order valence-corrected chi connectivity index (χ1v) is 8.58. The van der Waals surface area contributed by atoms with E-state index in [0.717, 1.165) is 36.3 Å². The number of aryl methyl sites for hydroxylation is 1. The van der Waals surface area contributed by atoms with Gasteiger partial charge >= 0.3 is 0 Å². The zero-order chi connectivity index (χ0) is 17.2. The van der Waals surface area contributed by atoms with E-state index in [1.54, 1.807) is 6.20 Å². The van der Waals surface area contributed by atoms with E-state index in [4.69, 9.17) is 0 Å². The Labute approximate surface area is 146 Å². The van der Waals surface area contributed by atoms with Crippen LogP contribution in [0.4, 0.5) is 5.95 Å². The molecule has 4 rings (SSSR count). The lowest BCUT2D eigenvalue weighted by Gasteiger charge is -2.30. The maximum atomic E-state index is 9.87. The Kier molecular flexibility index (Phi) is 4.19. The van der Waals surface area contributed by atoms with Gasteiger partial charge in [0.15, 0.2) is 0 Å². The molecule has 0 aliphatic carbocycles. The van der Waals surface area contributed by atoms with Gasteiger partial charge in [-0.05, 0) is 37.5 Å². The Hall–Kier alpha value is -2.73. The molecule has 1 aliphatic heterocycles. The summed E-state index contributed by atoms with van der Waals surface area (Å²) in [5.74, 6) is 0.667. The summed E-state index contributed by atoms with van der Waals surface area (Å²) in [6, 6.07) is 10.0. The Morgan fingerprint density at radius 3 is 2.92 bits per heavy atom. The maximum Gasteiger partial charge on any atom is 0.225 e. The molecule has 25 heavy (non-hydrogen) atoms. The van der Waals surface area contributed by atoms with Gasteiger partial charge in [0.05, 0.1) is 23.7 Å². The fourth-order valence-corrected chi connectivity index (χ4v) is 3.21. The van der Waals surface area contributed by atoms with Crippen molar-refractivity contribution < 1.29 is 5.11 Å². The van der Waals surface area contributed by atoms with E-state index in [-0.39, 0.29) is 6.10 Å². The van der Waals surface area contributed by atoms with Crippen LogP contribution in [0.1, 0.15) is 18.4 Å². The lowest BCUT2D eigenvalue weighted by atomic mass is 10.1. The highest BCUT2D eigenvalue weighted by atomic mass is 16.3. The Bertz CT molecular complexity index is 876. The molecule has 1 atom stereocenters. The average Bonchev–Trinajstić information content (AvgIpc) is 3.12. The second-order valence-electron chi connectivity index (χ2n) is 6.44. The van der Waals surface area contributed by atoms with E-state index in [9.17, 15) is 5.11 Å². The normalized spacial score (nSPS) is 17.7. The highest BCUT2D eigenvalue weighted by Gasteiger charge is 2.20. The van der Waals surface area contributed by atoms with Crippen molar-refractivity contribution in [2.45, 2.75) is 25.9 Å². The smallest absolute Gasteiger partial charge is 0.225 e. The van der Waals surface area contributed by atoms with E-state index in [1.807, 2.05) is 46.2 Å². The van der Waals surface area contributed by atoms with Gasteiger partial charge in [-0.1, -0.05) is 18.2 Å². The maximum absolute atomic E-state index is 9.87. The number of rotatable bonds is 3. The number of β-amino-alcohol motifs (C(OH)–C–C–N with tert-alkyl or cyclic N) is 1. The molecule has 0 saturated carbocycles. The van der Waals surface area contributed by atoms with Gasteiger partial charge in [0, 0.05) is 31.0 Å². The van der Waals surface area contributed by atoms with Crippen LogP contribution in [0, 0.1) is 6.92 Å². The summed E-state index contributed by atoms with van der Waals surface area (Å²) in [5.41, 5.74) is 4.01. The van der Waals surface area contributed by atoms with Gasteiger partial charge in [0.1, 0.15) is 0 Å². The van der Waals surface area contributed by atoms with Gasteiger partial charge in [0.2, 0.25) is 5.95 Å². The number of nitrogens with zero attached hydrogens (tertiary/aromatic N) is 5. The quantitative estimate of drug-likeness (QED) is 0.797. The molecular weight excluding hydrogens is 314 g/mol. The van der Waals surface area contributed by atoms with Crippen LogP contribution in [0.2, 0.25) is 0 Å². The van der Waals surface area contributed by atoms with Gasteiger partial charge in [-0.3, -0.25) is 0 Å². The molecule has 0 bridgehead atoms. The van der Waals surface area contributed by atoms with E-state index in [0.29, 0.717) is 12.5 Å². The van der Waals surface area contributed by atoms with Crippen LogP contribution in [-0.4, -0.2) is 44.0 Å². The SMILES string of the molecule is Cc1ccccc1-n1cc(-c2ccnc(N3CCCC(O)C3)n2)cn1. The molecule has 1 unspecified atom stereocenters. The minimum atomic E-state index is -0.301. The minimum Gasteiger partial charge on any atom is -0.391 e. The number of aliphatic hydroxyl groups excluding tert-OH is 1. The van der Waals surface area contributed by atoms with Gasteiger partial charge in [0.25, 0.3) is 0 Å². The van der Waals surface area contributed by atoms with Crippen molar-refractivity contribution in [1.82, 2.24) is 19.7 Å². The Morgan fingerprint density at radius 2 is 2.08 bits per heavy atom. The number of benzene rings is 1. The summed E-state index contributed by atoms with van der Waals surface area (Å²) in [7, 11) is 0. The van der Waals surface area contributed by atoms with E-state index < -0.39 is 0 Å². The molecule has 1 N–H and O–H groups in total. The van der Waals surface area contributed by atoms with Crippen LogP contribution in [0.25, 0.3) is 16.9 Å². The molecule has 0 radical (unpaired) electrons. The van der Waals surface area contributed by atoms with Crippen molar-refractivity contribution in [1.29, 1.82) is 0 Å². The van der Waals surface area contributed by atoms with E-state index in [1.165, 1.54) is 5.56 Å². The van der Waals surface area contributed by atoms with Crippen LogP contribution in [0.5, 0.6) is 0 Å². The van der Waals surface area contributed by atoms with Crippen LogP contribution in [0.3, 0.4) is 0 Å². The molecule has 1 aromatic carbocycles. The van der Waals surface area contributed by atoms with Gasteiger partial charge in [-0.25, -0.2) is 14.6 Å². The largest absolute Gasteiger partial charge is 0.391 e. The summed E-state index contributed by atoms with van der Waals surface area (Å²) in [5, 5.41) is 14.4.